The van der Waals surface area contributed by atoms with E-state index in [9.17, 15) is 17.6 Å². The zero-order valence-electron chi connectivity index (χ0n) is 11.0. The number of pyridine rings is 1. The Kier molecular flexibility index (Phi) is 4.48. The fraction of sp³-hybridized carbons (Fsp3) is 0.154. The summed E-state index contributed by atoms with van der Waals surface area (Å²) in [5.41, 5.74) is 0.00918. The molecule has 0 radical (unpaired) electrons. The van der Waals surface area contributed by atoms with E-state index in [-0.39, 0.29) is 20.6 Å². The fourth-order valence-corrected chi connectivity index (χ4v) is 3.00. The molecule has 0 saturated heterocycles. The monoisotopic (exact) mass is 374 g/mol. The zero-order valence-corrected chi connectivity index (χ0v) is 13.4. The number of anilines is 1. The van der Waals surface area contributed by atoms with Gasteiger partial charge in [0.1, 0.15) is 5.82 Å². The number of halogens is 2. The van der Waals surface area contributed by atoms with Crippen molar-refractivity contribution in [2.75, 3.05) is 4.72 Å². The van der Waals surface area contributed by atoms with Gasteiger partial charge in [-0.15, -0.1) is 0 Å². The molecule has 0 amide bonds. The Labute approximate surface area is 129 Å². The Bertz CT molecular complexity index is 834. The van der Waals surface area contributed by atoms with E-state index in [2.05, 4.69) is 20.7 Å². The van der Waals surface area contributed by atoms with Crippen LogP contribution in [0.4, 0.5) is 10.1 Å². The largest absolute Gasteiger partial charge is 0.314 e. The predicted octanol–water partition coefficient (Wildman–Crippen LogP) is 2.57. The Morgan fingerprint density at radius 3 is 2.62 bits per heavy atom. The van der Waals surface area contributed by atoms with Crippen molar-refractivity contribution in [3.63, 3.8) is 0 Å². The number of nitrogens with one attached hydrogen (secondary N) is 1. The van der Waals surface area contributed by atoms with Crippen LogP contribution in [0.25, 0.3) is 0 Å². The van der Waals surface area contributed by atoms with E-state index in [4.69, 9.17) is 0 Å². The number of hydrogen-bond donors (Lipinski definition) is 1. The fourth-order valence-electron chi connectivity index (χ4n) is 1.70. The molecule has 0 saturated carbocycles. The SMILES string of the molecule is CCn1cc(NS(=O)(=O)c2ccc(Br)c(F)c2)ccc1=O. The first kappa shape index (κ1) is 15.7. The summed E-state index contributed by atoms with van der Waals surface area (Å²) < 4.78 is 41.6. The topological polar surface area (TPSA) is 68.2 Å². The van der Waals surface area contributed by atoms with Gasteiger partial charge in [-0.25, -0.2) is 12.8 Å². The van der Waals surface area contributed by atoms with Gasteiger partial charge in [0.25, 0.3) is 15.6 Å². The minimum Gasteiger partial charge on any atom is -0.314 e. The number of benzene rings is 1. The molecule has 5 nitrogen and oxygen atoms in total. The molecule has 0 aliphatic carbocycles. The van der Waals surface area contributed by atoms with Crippen molar-refractivity contribution in [2.24, 2.45) is 0 Å². The summed E-state index contributed by atoms with van der Waals surface area (Å²) in [6, 6.07) is 6.15. The summed E-state index contributed by atoms with van der Waals surface area (Å²) in [5, 5.41) is 0. The van der Waals surface area contributed by atoms with E-state index < -0.39 is 15.8 Å². The molecule has 2 rings (SSSR count). The first-order valence-corrected chi connectivity index (χ1v) is 8.29. The highest BCUT2D eigenvalue weighted by Gasteiger charge is 2.16. The summed E-state index contributed by atoms with van der Waals surface area (Å²) in [6.07, 6.45) is 1.40. The summed E-state index contributed by atoms with van der Waals surface area (Å²) in [7, 11) is -3.92. The number of hydrogen-bond acceptors (Lipinski definition) is 3. The molecule has 0 spiro atoms. The lowest BCUT2D eigenvalue weighted by Gasteiger charge is -2.10. The van der Waals surface area contributed by atoms with Gasteiger partial charge in [0.15, 0.2) is 0 Å². The van der Waals surface area contributed by atoms with Gasteiger partial charge in [-0.05, 0) is 47.1 Å². The van der Waals surface area contributed by atoms with Crippen molar-refractivity contribution in [1.82, 2.24) is 4.57 Å². The highest BCUT2D eigenvalue weighted by molar-refractivity contribution is 9.10. The Morgan fingerprint density at radius 2 is 2.00 bits per heavy atom. The van der Waals surface area contributed by atoms with Crippen LogP contribution in [0.15, 0.2) is 50.7 Å². The third kappa shape index (κ3) is 3.51. The lowest BCUT2D eigenvalue weighted by molar-refractivity contribution is 0.593. The molecule has 0 aliphatic heterocycles. The normalized spacial score (nSPS) is 11.4. The maximum Gasteiger partial charge on any atom is 0.262 e. The van der Waals surface area contributed by atoms with Crippen molar-refractivity contribution < 1.29 is 12.8 Å². The quantitative estimate of drug-likeness (QED) is 0.893. The predicted molar refractivity (Wildman–Crippen MR) is 81.3 cm³/mol. The van der Waals surface area contributed by atoms with Crippen LogP contribution in [0.5, 0.6) is 0 Å². The number of aryl methyl sites for hydroxylation is 1. The van der Waals surface area contributed by atoms with Gasteiger partial charge in [-0.2, -0.15) is 0 Å². The molecule has 0 fully saturated rings. The minimum absolute atomic E-state index is 0.181. The van der Waals surface area contributed by atoms with Crippen molar-refractivity contribution in [3.8, 4) is 0 Å². The summed E-state index contributed by atoms with van der Waals surface area (Å²) in [4.78, 5) is 11.3. The van der Waals surface area contributed by atoms with Crippen LogP contribution in [0.3, 0.4) is 0 Å². The molecule has 8 heteroatoms. The van der Waals surface area contributed by atoms with Crippen molar-refractivity contribution in [2.45, 2.75) is 18.4 Å². The van der Waals surface area contributed by atoms with Gasteiger partial charge in [0.2, 0.25) is 0 Å². The maximum atomic E-state index is 13.4. The standard InChI is InChI=1S/C13H12BrFN2O3S/c1-2-17-8-9(3-6-13(17)18)16-21(19,20)10-4-5-11(14)12(15)7-10/h3-8,16H,2H2,1H3. The highest BCUT2D eigenvalue weighted by atomic mass is 79.9. The Balaban J connectivity index is 2.37. The van der Waals surface area contributed by atoms with Gasteiger partial charge in [0, 0.05) is 18.8 Å². The van der Waals surface area contributed by atoms with Crippen LogP contribution in [-0.4, -0.2) is 13.0 Å². The second-order valence-corrected chi connectivity index (χ2v) is 6.76. The first-order valence-electron chi connectivity index (χ1n) is 6.02. The smallest absolute Gasteiger partial charge is 0.262 e. The third-order valence-electron chi connectivity index (χ3n) is 2.78. The molecule has 1 heterocycles. The van der Waals surface area contributed by atoms with Crippen molar-refractivity contribution >= 4 is 31.6 Å². The van der Waals surface area contributed by atoms with E-state index in [1.807, 2.05) is 0 Å². The molecule has 0 unspecified atom stereocenters. The Hall–Kier alpha value is -1.67. The van der Waals surface area contributed by atoms with Crippen LogP contribution >= 0.6 is 15.9 Å². The summed E-state index contributed by atoms with van der Waals surface area (Å²) in [5.74, 6) is -0.670. The molecule has 1 aromatic heterocycles. The lowest BCUT2D eigenvalue weighted by Crippen LogP contribution is -2.20. The van der Waals surface area contributed by atoms with E-state index >= 15 is 0 Å². The van der Waals surface area contributed by atoms with Crippen LogP contribution in [0.1, 0.15) is 6.92 Å². The van der Waals surface area contributed by atoms with Gasteiger partial charge in [-0.1, -0.05) is 0 Å². The number of nitrogens with zero attached hydrogens (tertiary/aromatic N) is 1. The molecular weight excluding hydrogens is 363 g/mol. The van der Waals surface area contributed by atoms with Crippen LogP contribution in [-0.2, 0) is 16.6 Å². The molecule has 0 bridgehead atoms. The first-order chi connectivity index (χ1) is 9.83. The molecule has 112 valence electrons. The second-order valence-electron chi connectivity index (χ2n) is 4.22. The third-order valence-corrected chi connectivity index (χ3v) is 4.80. The van der Waals surface area contributed by atoms with Crippen LogP contribution < -0.4 is 10.3 Å². The number of rotatable bonds is 4. The van der Waals surface area contributed by atoms with Gasteiger partial charge >= 0.3 is 0 Å². The lowest BCUT2D eigenvalue weighted by atomic mass is 10.3. The van der Waals surface area contributed by atoms with Crippen LogP contribution in [0, 0.1) is 5.82 Å². The van der Waals surface area contributed by atoms with E-state index in [0.717, 1.165) is 6.07 Å². The van der Waals surface area contributed by atoms with Gasteiger partial charge in [0.05, 0.1) is 15.1 Å². The molecular formula is C13H12BrFN2O3S. The second kappa shape index (κ2) is 5.98. The highest BCUT2D eigenvalue weighted by Crippen LogP contribution is 2.21. The van der Waals surface area contributed by atoms with Crippen molar-refractivity contribution in [1.29, 1.82) is 0 Å². The van der Waals surface area contributed by atoms with Gasteiger partial charge in [-0.3, -0.25) is 9.52 Å². The average Bonchev–Trinajstić information content (AvgIpc) is 2.43. The maximum absolute atomic E-state index is 13.4. The average molecular weight is 375 g/mol. The Morgan fingerprint density at radius 1 is 1.29 bits per heavy atom. The van der Waals surface area contributed by atoms with Gasteiger partial charge < -0.3 is 4.57 Å². The van der Waals surface area contributed by atoms with E-state index in [1.54, 1.807) is 6.92 Å². The number of sulfonamides is 1. The molecule has 21 heavy (non-hydrogen) atoms. The molecule has 1 N–H and O–H groups in total. The summed E-state index contributed by atoms with van der Waals surface area (Å²) in [6.45, 7) is 2.19. The molecule has 2 aromatic rings. The van der Waals surface area contributed by atoms with Crippen LogP contribution in [0.2, 0.25) is 0 Å². The van der Waals surface area contributed by atoms with E-state index in [1.165, 1.54) is 35.0 Å². The van der Waals surface area contributed by atoms with E-state index in [0.29, 0.717) is 6.54 Å². The molecule has 0 atom stereocenters. The molecule has 0 aliphatic rings. The number of aromatic nitrogens is 1. The minimum atomic E-state index is -3.92. The molecule has 1 aromatic carbocycles. The zero-order chi connectivity index (χ0) is 15.6. The van der Waals surface area contributed by atoms with Crippen molar-refractivity contribution in [3.05, 3.63) is 57.2 Å². The summed E-state index contributed by atoms with van der Waals surface area (Å²) >= 11 is 2.96.